The summed E-state index contributed by atoms with van der Waals surface area (Å²) in [7, 11) is -3.59. The molecule has 0 radical (unpaired) electrons. The van der Waals surface area contributed by atoms with Crippen LogP contribution in [0.5, 0.6) is 0 Å². The minimum Gasteiger partial charge on any atom is -0.441 e. The zero-order chi connectivity index (χ0) is 19.4. The number of hydrogen-bond donors (Lipinski definition) is 1. The van der Waals surface area contributed by atoms with E-state index in [0.29, 0.717) is 17.9 Å². The lowest BCUT2D eigenvalue weighted by Crippen LogP contribution is -2.26. The summed E-state index contributed by atoms with van der Waals surface area (Å²) < 4.78 is 46.7. The van der Waals surface area contributed by atoms with Gasteiger partial charge in [0.05, 0.1) is 16.2 Å². The molecule has 0 aliphatic carbocycles. The molecule has 0 saturated carbocycles. The van der Waals surface area contributed by atoms with Crippen molar-refractivity contribution in [2.24, 2.45) is 0 Å². The number of aromatic nitrogens is 1. The summed E-state index contributed by atoms with van der Waals surface area (Å²) in [5, 5.41) is 0. The van der Waals surface area contributed by atoms with Crippen LogP contribution in [0.4, 0.5) is 4.39 Å². The van der Waals surface area contributed by atoms with Crippen LogP contribution >= 0.6 is 0 Å². The van der Waals surface area contributed by atoms with Gasteiger partial charge in [-0.2, -0.15) is 0 Å². The van der Waals surface area contributed by atoms with Crippen molar-refractivity contribution in [1.29, 1.82) is 0 Å². The van der Waals surface area contributed by atoms with E-state index in [1.165, 1.54) is 6.07 Å². The van der Waals surface area contributed by atoms with Gasteiger partial charge in [0.15, 0.2) is 0 Å². The van der Waals surface area contributed by atoms with Gasteiger partial charge in [-0.15, -0.1) is 0 Å². The van der Waals surface area contributed by atoms with Gasteiger partial charge in [-0.3, -0.25) is 0 Å². The summed E-state index contributed by atoms with van der Waals surface area (Å²) in [4.78, 5) is 4.54. The van der Waals surface area contributed by atoms with Crippen molar-refractivity contribution in [2.45, 2.75) is 31.6 Å². The van der Waals surface area contributed by atoms with Gasteiger partial charge >= 0.3 is 0 Å². The zero-order valence-electron chi connectivity index (χ0n) is 15.2. The highest BCUT2D eigenvalue weighted by atomic mass is 32.2. The molecular weight excluding hydrogens is 367 g/mol. The summed E-state index contributed by atoms with van der Waals surface area (Å²) >= 11 is 0. The minimum absolute atomic E-state index is 0.169. The largest absolute Gasteiger partial charge is 0.441 e. The van der Waals surface area contributed by atoms with Gasteiger partial charge in [0.25, 0.3) is 0 Å². The van der Waals surface area contributed by atoms with Gasteiger partial charge in [0.2, 0.25) is 15.9 Å². The highest BCUT2D eigenvalue weighted by molar-refractivity contribution is 7.89. The van der Waals surface area contributed by atoms with Crippen LogP contribution in [-0.2, 0) is 22.9 Å². The molecule has 3 rings (SSSR count). The maximum absolute atomic E-state index is 13.9. The Kier molecular flexibility index (Phi) is 5.72. The highest BCUT2D eigenvalue weighted by Crippen LogP contribution is 2.24. The first-order valence-corrected chi connectivity index (χ1v) is 10.2. The van der Waals surface area contributed by atoms with Gasteiger partial charge in [-0.05, 0) is 43.2 Å². The van der Waals surface area contributed by atoms with Crippen LogP contribution in [0.25, 0.3) is 11.5 Å². The standard InChI is InChI=1S/C20H21FN2O3S/c1-3-15-8-10-16(11-9-15)27(24,25)22-13-12-19-14(2)26-20(23-19)17-6-4-5-7-18(17)21/h4-11,22H,3,12-13H2,1-2H3. The first-order chi connectivity index (χ1) is 12.9. The Balaban J connectivity index is 1.67. The first-order valence-electron chi connectivity index (χ1n) is 8.70. The van der Waals surface area contributed by atoms with E-state index in [-0.39, 0.29) is 22.9 Å². The molecule has 2 aromatic carbocycles. The van der Waals surface area contributed by atoms with Crippen LogP contribution in [0.15, 0.2) is 57.8 Å². The Labute approximate surface area is 158 Å². The number of aryl methyl sites for hydroxylation is 2. The Hall–Kier alpha value is -2.51. The fourth-order valence-corrected chi connectivity index (χ4v) is 3.73. The lowest BCUT2D eigenvalue weighted by atomic mass is 10.2. The molecule has 3 aromatic rings. The molecule has 5 nitrogen and oxygen atoms in total. The van der Waals surface area contributed by atoms with E-state index in [0.717, 1.165) is 12.0 Å². The van der Waals surface area contributed by atoms with Crippen molar-refractivity contribution < 1.29 is 17.2 Å². The maximum atomic E-state index is 13.9. The molecule has 0 aliphatic heterocycles. The van der Waals surface area contributed by atoms with Gasteiger partial charge in [0.1, 0.15) is 11.6 Å². The Bertz CT molecular complexity index is 1030. The fourth-order valence-electron chi connectivity index (χ4n) is 2.70. The maximum Gasteiger partial charge on any atom is 0.240 e. The second-order valence-electron chi connectivity index (χ2n) is 6.15. The Morgan fingerprint density at radius 3 is 2.48 bits per heavy atom. The normalized spacial score (nSPS) is 11.7. The number of rotatable bonds is 7. The molecule has 0 fully saturated rings. The van der Waals surface area contributed by atoms with Crippen molar-refractivity contribution in [3.8, 4) is 11.5 Å². The van der Waals surface area contributed by atoms with Crippen LogP contribution in [0.3, 0.4) is 0 Å². The van der Waals surface area contributed by atoms with Crippen LogP contribution in [0, 0.1) is 12.7 Å². The second-order valence-corrected chi connectivity index (χ2v) is 7.91. The van der Waals surface area contributed by atoms with Crippen molar-refractivity contribution in [3.63, 3.8) is 0 Å². The highest BCUT2D eigenvalue weighted by Gasteiger charge is 2.17. The van der Waals surface area contributed by atoms with Gasteiger partial charge < -0.3 is 4.42 Å². The first kappa shape index (κ1) is 19.3. The lowest BCUT2D eigenvalue weighted by Gasteiger charge is -2.06. The number of hydrogen-bond acceptors (Lipinski definition) is 4. The Morgan fingerprint density at radius 1 is 1.11 bits per heavy atom. The van der Waals surface area contributed by atoms with Crippen molar-refractivity contribution >= 4 is 10.0 Å². The predicted molar refractivity (Wildman–Crippen MR) is 101 cm³/mol. The second kappa shape index (κ2) is 8.02. The Morgan fingerprint density at radius 2 is 1.81 bits per heavy atom. The summed E-state index contributed by atoms with van der Waals surface area (Å²) in [5.74, 6) is 0.319. The van der Waals surface area contributed by atoms with E-state index in [2.05, 4.69) is 9.71 Å². The van der Waals surface area contributed by atoms with Crippen LogP contribution in [0.1, 0.15) is 23.9 Å². The van der Waals surface area contributed by atoms with Crippen molar-refractivity contribution in [2.75, 3.05) is 6.54 Å². The van der Waals surface area contributed by atoms with Crippen LogP contribution in [0.2, 0.25) is 0 Å². The predicted octanol–water partition coefficient (Wildman–Crippen LogP) is 3.87. The lowest BCUT2D eigenvalue weighted by molar-refractivity contribution is 0.531. The molecule has 0 atom stereocenters. The fraction of sp³-hybridized carbons (Fsp3) is 0.250. The molecule has 27 heavy (non-hydrogen) atoms. The summed E-state index contributed by atoms with van der Waals surface area (Å²) in [6, 6.07) is 13.0. The smallest absolute Gasteiger partial charge is 0.240 e. The minimum atomic E-state index is -3.59. The number of oxazole rings is 1. The molecule has 1 aromatic heterocycles. The molecule has 142 valence electrons. The third kappa shape index (κ3) is 4.43. The number of sulfonamides is 1. The number of nitrogens with one attached hydrogen (secondary N) is 1. The van der Waals surface area contributed by atoms with E-state index in [1.807, 2.05) is 6.92 Å². The molecular formula is C20H21FN2O3S. The average molecular weight is 388 g/mol. The molecule has 0 bridgehead atoms. The number of halogens is 1. The third-order valence-corrected chi connectivity index (χ3v) is 5.77. The molecule has 0 amide bonds. The number of benzene rings is 2. The summed E-state index contributed by atoms with van der Waals surface area (Å²) in [6.45, 7) is 3.91. The van der Waals surface area contributed by atoms with E-state index in [4.69, 9.17) is 4.42 Å². The monoisotopic (exact) mass is 388 g/mol. The number of nitrogens with zero attached hydrogens (tertiary/aromatic N) is 1. The van der Waals surface area contributed by atoms with E-state index >= 15 is 0 Å². The van der Waals surface area contributed by atoms with Gasteiger partial charge in [-0.1, -0.05) is 31.2 Å². The van der Waals surface area contributed by atoms with Crippen LogP contribution < -0.4 is 4.72 Å². The molecule has 0 unspecified atom stereocenters. The summed E-state index contributed by atoms with van der Waals surface area (Å²) in [6.07, 6.45) is 1.19. The topological polar surface area (TPSA) is 72.2 Å². The average Bonchev–Trinajstić information content (AvgIpc) is 3.02. The summed E-state index contributed by atoms with van der Waals surface area (Å²) in [5.41, 5.74) is 1.95. The van der Waals surface area contributed by atoms with Crippen molar-refractivity contribution in [3.05, 3.63) is 71.4 Å². The van der Waals surface area contributed by atoms with E-state index in [9.17, 15) is 12.8 Å². The van der Waals surface area contributed by atoms with Crippen molar-refractivity contribution in [1.82, 2.24) is 9.71 Å². The van der Waals surface area contributed by atoms with Gasteiger partial charge in [0, 0.05) is 13.0 Å². The van der Waals surface area contributed by atoms with E-state index < -0.39 is 15.8 Å². The quantitative estimate of drug-likeness (QED) is 0.667. The van der Waals surface area contributed by atoms with Crippen LogP contribution in [-0.4, -0.2) is 19.9 Å². The van der Waals surface area contributed by atoms with E-state index in [1.54, 1.807) is 49.4 Å². The molecule has 0 saturated heterocycles. The van der Waals surface area contributed by atoms with Gasteiger partial charge in [-0.25, -0.2) is 22.5 Å². The SMILES string of the molecule is CCc1ccc(S(=O)(=O)NCCc2nc(-c3ccccc3F)oc2C)cc1. The molecule has 7 heteroatoms. The molecule has 0 spiro atoms. The molecule has 1 heterocycles. The molecule has 0 aliphatic rings. The zero-order valence-corrected chi connectivity index (χ0v) is 16.0. The molecule has 1 N–H and O–H groups in total. The third-order valence-electron chi connectivity index (χ3n) is 4.29.